The van der Waals surface area contributed by atoms with E-state index in [1.807, 2.05) is 6.21 Å². The number of aliphatic imine (C=N–C) groups is 1. The van der Waals surface area contributed by atoms with Crippen molar-refractivity contribution in [2.75, 3.05) is 13.1 Å². The summed E-state index contributed by atoms with van der Waals surface area (Å²) in [5, 5.41) is 0. The zero-order valence-electron chi connectivity index (χ0n) is 19.4. The van der Waals surface area contributed by atoms with E-state index in [4.69, 9.17) is 0 Å². The van der Waals surface area contributed by atoms with E-state index >= 15 is 0 Å². The lowest BCUT2D eigenvalue weighted by molar-refractivity contribution is 0.555. The summed E-state index contributed by atoms with van der Waals surface area (Å²) in [5.41, 5.74) is 1.23. The summed E-state index contributed by atoms with van der Waals surface area (Å²) in [4.78, 5) is 4.67. The van der Waals surface area contributed by atoms with Gasteiger partial charge in [-0.2, -0.15) is 0 Å². The predicted octanol–water partition coefficient (Wildman–Crippen LogP) is 7.47. The molecule has 0 fully saturated rings. The van der Waals surface area contributed by atoms with Crippen LogP contribution in [-0.2, 0) is 0 Å². The first-order valence-corrected chi connectivity index (χ1v) is 16.7. The molecule has 1 aromatic carbocycles. The molecule has 0 aromatic heterocycles. The lowest BCUT2D eigenvalue weighted by Crippen LogP contribution is -2.66. The lowest BCUT2D eigenvalue weighted by Gasteiger charge is -2.52. The lowest BCUT2D eigenvalue weighted by atomic mass is 10.2. The maximum Gasteiger partial charge on any atom is 0.120 e. The predicted molar refractivity (Wildman–Crippen MR) is 135 cm³/mol. The Morgan fingerprint density at radius 3 is 1.75 bits per heavy atom. The van der Waals surface area contributed by atoms with Crippen LogP contribution in [0.15, 0.2) is 41.4 Å². The zero-order chi connectivity index (χ0) is 20.9. The summed E-state index contributed by atoms with van der Waals surface area (Å²) in [6, 6.07) is 18.8. The SMILES string of the molecule is CC[Si](CC)(CC)N(CCCN=CC=Cc1ccccc1)[Si](CC)(CC)CC. The quantitative estimate of drug-likeness (QED) is 0.174. The van der Waals surface area contributed by atoms with Crippen LogP contribution >= 0.6 is 0 Å². The molecule has 28 heavy (non-hydrogen) atoms. The third-order valence-corrected chi connectivity index (χ3v) is 20.5. The molecule has 0 aliphatic rings. The number of benzene rings is 1. The van der Waals surface area contributed by atoms with E-state index in [-0.39, 0.29) is 0 Å². The molecular weight excluding hydrogens is 372 g/mol. The highest BCUT2D eigenvalue weighted by Crippen LogP contribution is 2.35. The van der Waals surface area contributed by atoms with E-state index < -0.39 is 16.5 Å². The molecule has 0 bridgehead atoms. The Kier molecular flexibility index (Phi) is 11.9. The van der Waals surface area contributed by atoms with Crippen molar-refractivity contribution in [1.29, 1.82) is 0 Å². The molecule has 4 heteroatoms. The Morgan fingerprint density at radius 1 is 0.786 bits per heavy atom. The molecular formula is C24H44N2Si2. The Bertz CT molecular complexity index is 539. The first kappa shape index (κ1) is 25.1. The summed E-state index contributed by atoms with van der Waals surface area (Å²) in [5.74, 6) is 0. The second kappa shape index (κ2) is 13.3. The molecule has 0 atom stereocenters. The van der Waals surface area contributed by atoms with Crippen molar-refractivity contribution in [2.45, 2.75) is 84.2 Å². The van der Waals surface area contributed by atoms with Crippen molar-refractivity contribution in [3.8, 4) is 0 Å². The molecule has 0 spiro atoms. The topological polar surface area (TPSA) is 15.6 Å². The molecule has 2 nitrogen and oxygen atoms in total. The van der Waals surface area contributed by atoms with E-state index in [1.165, 1.54) is 54.8 Å². The van der Waals surface area contributed by atoms with E-state index in [2.05, 4.69) is 93.2 Å². The average molecular weight is 417 g/mol. The smallest absolute Gasteiger partial charge is 0.120 e. The van der Waals surface area contributed by atoms with Gasteiger partial charge in [0.25, 0.3) is 0 Å². The van der Waals surface area contributed by atoms with Crippen molar-refractivity contribution in [1.82, 2.24) is 4.23 Å². The molecule has 0 amide bonds. The van der Waals surface area contributed by atoms with E-state index in [0.717, 1.165) is 6.54 Å². The van der Waals surface area contributed by atoms with Crippen molar-refractivity contribution >= 4 is 28.8 Å². The van der Waals surface area contributed by atoms with Gasteiger partial charge in [-0.15, -0.1) is 0 Å². The van der Waals surface area contributed by atoms with Crippen LogP contribution < -0.4 is 0 Å². The van der Waals surface area contributed by atoms with Crippen LogP contribution in [0.4, 0.5) is 0 Å². The van der Waals surface area contributed by atoms with Gasteiger partial charge < -0.3 is 4.23 Å². The first-order valence-electron chi connectivity index (χ1n) is 11.6. The van der Waals surface area contributed by atoms with Gasteiger partial charge in [-0.25, -0.2) is 0 Å². The summed E-state index contributed by atoms with van der Waals surface area (Å²) in [6.07, 6.45) is 7.37. The molecule has 0 radical (unpaired) electrons. The van der Waals surface area contributed by atoms with Gasteiger partial charge in [-0.3, -0.25) is 4.99 Å². The number of rotatable bonds is 14. The maximum absolute atomic E-state index is 4.67. The minimum atomic E-state index is -1.34. The van der Waals surface area contributed by atoms with Gasteiger partial charge in [0.15, 0.2) is 0 Å². The van der Waals surface area contributed by atoms with E-state index in [1.54, 1.807) is 0 Å². The monoisotopic (exact) mass is 416 g/mol. The van der Waals surface area contributed by atoms with Crippen molar-refractivity contribution in [2.24, 2.45) is 4.99 Å². The summed E-state index contributed by atoms with van der Waals surface area (Å²) < 4.78 is 3.16. The highest BCUT2D eigenvalue weighted by atomic mass is 28.4. The van der Waals surface area contributed by atoms with Crippen LogP contribution in [0.3, 0.4) is 0 Å². The van der Waals surface area contributed by atoms with E-state index in [0.29, 0.717) is 0 Å². The second-order valence-electron chi connectivity index (χ2n) is 7.90. The Morgan fingerprint density at radius 2 is 1.29 bits per heavy atom. The number of hydrogen-bond donors (Lipinski definition) is 0. The van der Waals surface area contributed by atoms with Gasteiger partial charge in [0, 0.05) is 12.8 Å². The summed E-state index contributed by atoms with van der Waals surface area (Å²) >= 11 is 0. The van der Waals surface area contributed by atoms with Crippen LogP contribution in [0, 0.1) is 0 Å². The number of nitrogens with zero attached hydrogens (tertiary/aromatic N) is 2. The van der Waals surface area contributed by atoms with Crippen molar-refractivity contribution < 1.29 is 0 Å². The molecule has 0 unspecified atom stereocenters. The average Bonchev–Trinajstić information content (AvgIpc) is 2.76. The van der Waals surface area contributed by atoms with Gasteiger partial charge in [-0.1, -0.05) is 78.0 Å². The van der Waals surface area contributed by atoms with Crippen LogP contribution in [0.2, 0.25) is 36.3 Å². The Hall–Kier alpha value is -0.976. The van der Waals surface area contributed by atoms with Gasteiger partial charge in [0.05, 0.1) is 0 Å². The van der Waals surface area contributed by atoms with Gasteiger partial charge >= 0.3 is 0 Å². The second-order valence-corrected chi connectivity index (χ2v) is 18.6. The molecule has 0 heterocycles. The number of allylic oxidation sites excluding steroid dienone is 1. The summed E-state index contributed by atoms with van der Waals surface area (Å²) in [7, 11) is -2.67. The molecule has 0 aliphatic carbocycles. The molecule has 0 saturated carbocycles. The zero-order valence-corrected chi connectivity index (χ0v) is 21.4. The van der Waals surface area contributed by atoms with Crippen LogP contribution in [0.5, 0.6) is 0 Å². The van der Waals surface area contributed by atoms with Crippen LogP contribution in [0.25, 0.3) is 6.08 Å². The third kappa shape index (κ3) is 6.53. The van der Waals surface area contributed by atoms with Crippen LogP contribution in [-0.4, -0.2) is 40.0 Å². The fraction of sp³-hybridized carbons (Fsp3) is 0.625. The third-order valence-electron chi connectivity index (χ3n) is 7.04. The minimum absolute atomic E-state index is 0.943. The Labute approximate surface area is 177 Å². The fourth-order valence-corrected chi connectivity index (χ4v) is 18.2. The van der Waals surface area contributed by atoms with E-state index in [9.17, 15) is 0 Å². The molecule has 0 aliphatic heterocycles. The summed E-state index contributed by atoms with van der Waals surface area (Å²) in [6.45, 7) is 17.0. The van der Waals surface area contributed by atoms with Gasteiger partial charge in [0.2, 0.25) is 0 Å². The first-order chi connectivity index (χ1) is 13.6. The molecule has 1 aromatic rings. The molecule has 0 N–H and O–H groups in total. The highest BCUT2D eigenvalue weighted by molar-refractivity contribution is 6.92. The highest BCUT2D eigenvalue weighted by Gasteiger charge is 2.45. The Balaban J connectivity index is 2.76. The maximum atomic E-state index is 4.67. The minimum Gasteiger partial charge on any atom is -0.345 e. The largest absolute Gasteiger partial charge is 0.345 e. The van der Waals surface area contributed by atoms with Gasteiger partial charge in [0.1, 0.15) is 16.5 Å². The molecule has 158 valence electrons. The fourth-order valence-electron chi connectivity index (χ4n) is 4.80. The van der Waals surface area contributed by atoms with Crippen molar-refractivity contribution in [3.05, 3.63) is 42.0 Å². The normalized spacial score (nSPS) is 13.2. The van der Waals surface area contributed by atoms with Gasteiger partial charge in [-0.05, 0) is 60.9 Å². The number of hydrogen-bond acceptors (Lipinski definition) is 2. The standard InChI is InChI=1S/C24H44N2Si2/c1-7-27(8-2,9-3)26(28(10-4,11-5)12-6)23-17-22-25-21-16-20-24-18-14-13-15-19-24/h13-16,18-21H,7-12,17,22-23H2,1-6H3. The van der Waals surface area contributed by atoms with Crippen LogP contribution in [0.1, 0.15) is 53.5 Å². The van der Waals surface area contributed by atoms with Crippen molar-refractivity contribution in [3.63, 3.8) is 0 Å². The molecule has 0 saturated heterocycles. The molecule has 1 rings (SSSR count).